The van der Waals surface area contributed by atoms with E-state index in [0.717, 1.165) is 11.6 Å². The van der Waals surface area contributed by atoms with Gasteiger partial charge in [-0.1, -0.05) is 61.5 Å². The number of hydrogen-bond donors (Lipinski definition) is 0. The van der Waals surface area contributed by atoms with Crippen molar-refractivity contribution in [2.24, 2.45) is 0 Å². The van der Waals surface area contributed by atoms with Crippen LogP contribution in [0.4, 0.5) is 20.2 Å². The van der Waals surface area contributed by atoms with Gasteiger partial charge < -0.3 is 18.9 Å². The van der Waals surface area contributed by atoms with Gasteiger partial charge in [-0.3, -0.25) is 14.4 Å². The molecule has 2 aliphatic rings. The highest BCUT2D eigenvalue weighted by atomic mass is 35.5. The fourth-order valence-electron chi connectivity index (χ4n) is 5.90. The van der Waals surface area contributed by atoms with Gasteiger partial charge in [0.05, 0.1) is 18.2 Å². The number of cyclic esters (lactones) is 1. The standard InChI is InChI=1S/C21H18FNO4.C20H15ClFNO3S.CH4/c1-12-5-7-15(10-16(12)22)26-11-21(3)19(24)18(20(25)27-21)14-6-8-17(23-4)13(2)9-14;1-11-8-12(4-7-16(11)23-3)17-18(24)20(2,26-19(17)27)10-25-13-5-6-14(21)15(22)9-13;/h5-10,18H,11H2,1-3H3;4-9,17H,10H2,1-2H3;1H4. The number of Topliss-reactive ketones (excluding diaryl/α,β-unsaturated/α-hetero) is 2. The van der Waals surface area contributed by atoms with Gasteiger partial charge in [-0.2, -0.15) is 0 Å². The molecule has 4 aromatic carbocycles. The Morgan fingerprint density at radius 1 is 0.709 bits per heavy atom. The van der Waals surface area contributed by atoms with Gasteiger partial charge in [0, 0.05) is 12.1 Å². The van der Waals surface area contributed by atoms with E-state index in [1.807, 2.05) is 0 Å². The van der Waals surface area contributed by atoms with Crippen LogP contribution < -0.4 is 9.47 Å². The van der Waals surface area contributed by atoms with Crippen molar-refractivity contribution >= 4 is 57.8 Å². The summed E-state index contributed by atoms with van der Waals surface area (Å²) >= 11 is 10.9. The van der Waals surface area contributed by atoms with E-state index in [-0.39, 0.29) is 48.0 Å². The van der Waals surface area contributed by atoms with Gasteiger partial charge in [0.1, 0.15) is 48.2 Å². The third-order valence-electron chi connectivity index (χ3n) is 9.10. The lowest BCUT2D eigenvalue weighted by atomic mass is 9.88. The van der Waals surface area contributed by atoms with Crippen LogP contribution in [0.3, 0.4) is 0 Å². The largest absolute Gasteiger partial charge is 0.489 e. The van der Waals surface area contributed by atoms with Crippen molar-refractivity contribution in [3.63, 3.8) is 0 Å². The number of ketones is 2. The summed E-state index contributed by atoms with van der Waals surface area (Å²) < 4.78 is 49.3. The maximum Gasteiger partial charge on any atom is 0.322 e. The van der Waals surface area contributed by atoms with E-state index < -0.39 is 46.4 Å². The van der Waals surface area contributed by atoms with E-state index in [0.29, 0.717) is 33.6 Å². The Hall–Kier alpha value is -5.69. The minimum atomic E-state index is -1.46. The summed E-state index contributed by atoms with van der Waals surface area (Å²) in [6.45, 7) is 22.1. The van der Waals surface area contributed by atoms with Crippen molar-refractivity contribution in [2.75, 3.05) is 13.2 Å². The number of thiocarbonyl (C=S) groups is 1. The maximum atomic E-state index is 13.6. The maximum absolute atomic E-state index is 13.6. The lowest BCUT2D eigenvalue weighted by molar-refractivity contribution is -0.153. The first-order valence-corrected chi connectivity index (χ1v) is 17.3. The number of carbonyl (C=O) groups is 3. The number of hydrogen-bond acceptors (Lipinski definition) is 8. The molecule has 6 rings (SSSR count). The third kappa shape index (κ3) is 8.83. The summed E-state index contributed by atoms with van der Waals surface area (Å²) in [5.74, 6) is -3.63. The van der Waals surface area contributed by atoms with E-state index in [1.165, 1.54) is 25.1 Å². The van der Waals surface area contributed by atoms with Crippen LogP contribution in [0.25, 0.3) is 9.69 Å². The van der Waals surface area contributed by atoms with Gasteiger partial charge in [0.25, 0.3) is 0 Å². The van der Waals surface area contributed by atoms with E-state index in [4.69, 9.17) is 55.9 Å². The van der Waals surface area contributed by atoms with Crippen LogP contribution in [0.1, 0.15) is 60.9 Å². The van der Waals surface area contributed by atoms with Gasteiger partial charge in [-0.05, 0) is 92.9 Å². The molecule has 4 unspecified atom stereocenters. The first kappa shape index (κ1) is 42.1. The lowest BCUT2D eigenvalue weighted by Crippen LogP contribution is -2.40. The third-order valence-corrected chi connectivity index (χ3v) is 9.73. The van der Waals surface area contributed by atoms with Crippen molar-refractivity contribution in [1.82, 2.24) is 0 Å². The normalized spacial score (nSPS) is 21.3. The molecular weight excluding hydrogens is 750 g/mol. The average molecular weight is 787 g/mol. The highest BCUT2D eigenvalue weighted by Gasteiger charge is 2.54. The number of nitrogens with zero attached hydrogens (tertiary/aromatic N) is 2. The van der Waals surface area contributed by atoms with Crippen LogP contribution in [0.15, 0.2) is 72.8 Å². The summed E-state index contributed by atoms with van der Waals surface area (Å²) in [6, 6.07) is 18.4. The first-order valence-electron chi connectivity index (χ1n) is 16.5. The number of rotatable bonds is 8. The molecule has 0 radical (unpaired) electrons. The molecular formula is C42H37ClF2N2O7S. The highest BCUT2D eigenvalue weighted by molar-refractivity contribution is 7.80. The van der Waals surface area contributed by atoms with Crippen molar-refractivity contribution in [3.05, 3.63) is 140 Å². The molecule has 284 valence electrons. The Balaban J connectivity index is 0.000000240. The molecule has 4 aromatic rings. The summed E-state index contributed by atoms with van der Waals surface area (Å²) in [7, 11) is 0. The van der Waals surface area contributed by atoms with E-state index >= 15 is 0 Å². The Labute approximate surface area is 328 Å². The lowest BCUT2D eigenvalue weighted by Gasteiger charge is -2.22. The van der Waals surface area contributed by atoms with Crippen LogP contribution in [0, 0.1) is 45.5 Å². The minimum Gasteiger partial charge on any atom is -0.489 e. The predicted molar refractivity (Wildman–Crippen MR) is 207 cm³/mol. The highest BCUT2D eigenvalue weighted by Crippen LogP contribution is 2.38. The van der Waals surface area contributed by atoms with E-state index in [9.17, 15) is 23.2 Å². The smallest absolute Gasteiger partial charge is 0.322 e. The van der Waals surface area contributed by atoms with Crippen molar-refractivity contribution in [2.45, 2.75) is 65.1 Å². The molecule has 0 aliphatic carbocycles. The van der Waals surface area contributed by atoms with E-state index in [1.54, 1.807) is 76.2 Å². The molecule has 0 amide bonds. The number of ether oxygens (including phenoxy) is 4. The van der Waals surface area contributed by atoms with Gasteiger partial charge in [0.15, 0.2) is 33.6 Å². The quantitative estimate of drug-likeness (QED) is 0.0754. The number of halogens is 3. The van der Waals surface area contributed by atoms with Gasteiger partial charge in [0.2, 0.25) is 5.60 Å². The summed E-state index contributed by atoms with van der Waals surface area (Å²) in [4.78, 5) is 45.0. The number of esters is 1. The Morgan fingerprint density at radius 3 is 1.67 bits per heavy atom. The molecule has 0 saturated carbocycles. The monoisotopic (exact) mass is 786 g/mol. The first-order chi connectivity index (χ1) is 25.5. The van der Waals surface area contributed by atoms with Crippen LogP contribution in [0.5, 0.6) is 11.5 Å². The van der Waals surface area contributed by atoms with Gasteiger partial charge in [-0.15, -0.1) is 0 Å². The molecule has 2 aliphatic heterocycles. The molecule has 0 aromatic heterocycles. The second-order valence-electron chi connectivity index (χ2n) is 13.3. The SMILES string of the molecule is C.[C-]#[N+]c1ccc(C2C(=O)C(C)(COc3ccc(Cl)c(F)c3)OC2=S)cc1C.[C-]#[N+]c1ccc(C2C(=O)OC(C)(COc3ccc(C)c(F)c3)C2=O)cc1C. The van der Waals surface area contributed by atoms with Crippen LogP contribution in [-0.4, -0.2) is 47.0 Å². The topological polar surface area (TPSA) is 96.8 Å². The van der Waals surface area contributed by atoms with Gasteiger partial charge in [-0.25, -0.2) is 18.5 Å². The van der Waals surface area contributed by atoms with Crippen molar-refractivity contribution in [1.29, 1.82) is 0 Å². The van der Waals surface area contributed by atoms with E-state index in [2.05, 4.69) is 9.69 Å². The van der Waals surface area contributed by atoms with Crippen LogP contribution >= 0.6 is 23.8 Å². The average Bonchev–Trinajstić information content (AvgIpc) is 3.50. The zero-order valence-corrected chi connectivity index (χ0v) is 31.4. The summed E-state index contributed by atoms with van der Waals surface area (Å²) in [5, 5.41) is 0.143. The zero-order chi connectivity index (χ0) is 39.5. The molecule has 0 spiro atoms. The number of aryl methyl sites for hydroxylation is 3. The van der Waals surface area contributed by atoms with Crippen LogP contribution in [-0.2, 0) is 23.9 Å². The Bertz CT molecular complexity index is 2130. The number of benzene rings is 4. The second kappa shape index (κ2) is 16.8. The molecule has 13 heteroatoms. The predicted octanol–water partition coefficient (Wildman–Crippen LogP) is 9.86. The molecule has 9 nitrogen and oxygen atoms in total. The number of carbonyl (C=O) groups excluding carboxylic acids is 3. The molecule has 0 bridgehead atoms. The summed E-state index contributed by atoms with van der Waals surface area (Å²) in [5.41, 5.74) is 1.32. The Kier molecular flexibility index (Phi) is 12.8. The van der Waals surface area contributed by atoms with Crippen molar-refractivity contribution < 1.29 is 42.1 Å². The Morgan fingerprint density at radius 2 is 1.18 bits per heavy atom. The molecule has 0 N–H and O–H groups in total. The molecule has 55 heavy (non-hydrogen) atoms. The molecule has 2 heterocycles. The summed E-state index contributed by atoms with van der Waals surface area (Å²) in [6.07, 6.45) is 0. The fraction of sp³-hybridized carbons (Fsp3) is 0.286. The zero-order valence-electron chi connectivity index (χ0n) is 29.8. The molecule has 2 fully saturated rings. The fourth-order valence-corrected chi connectivity index (χ4v) is 6.45. The molecule has 2 saturated heterocycles. The van der Waals surface area contributed by atoms with Gasteiger partial charge >= 0.3 is 5.97 Å². The minimum absolute atomic E-state index is 0. The van der Waals surface area contributed by atoms with Crippen molar-refractivity contribution in [3.8, 4) is 11.5 Å². The molecule has 4 atom stereocenters. The second-order valence-corrected chi connectivity index (χ2v) is 14.1. The van der Waals surface area contributed by atoms with Crippen LogP contribution in [0.2, 0.25) is 5.02 Å².